The number of halogens is 4. The third-order valence-corrected chi connectivity index (χ3v) is 3.26. The number of rotatable bonds is 2. The fourth-order valence-corrected chi connectivity index (χ4v) is 1.89. The minimum atomic E-state index is -4.47. The molecule has 108 valence electrons. The van der Waals surface area contributed by atoms with Crippen LogP contribution in [0.25, 0.3) is 0 Å². The zero-order valence-corrected chi connectivity index (χ0v) is 11.6. The molecule has 3 nitrogen and oxygen atoms in total. The zero-order chi connectivity index (χ0) is 14.9. The van der Waals surface area contributed by atoms with Gasteiger partial charge in [0.05, 0.1) is 16.3 Å². The van der Waals surface area contributed by atoms with Crippen LogP contribution in [0.5, 0.6) is 0 Å². The second kappa shape index (κ2) is 5.57. The van der Waals surface area contributed by atoms with Crippen LogP contribution in [0.15, 0.2) is 18.2 Å². The van der Waals surface area contributed by atoms with Crippen LogP contribution >= 0.6 is 23.8 Å². The van der Waals surface area contributed by atoms with Crippen molar-refractivity contribution in [3.8, 4) is 0 Å². The van der Waals surface area contributed by atoms with E-state index in [1.165, 1.54) is 0 Å². The largest absolute Gasteiger partial charge is 0.416 e. The molecule has 0 spiro atoms. The molecule has 0 aromatic heterocycles. The van der Waals surface area contributed by atoms with Crippen LogP contribution < -0.4 is 10.6 Å². The summed E-state index contributed by atoms with van der Waals surface area (Å²) in [5.41, 5.74) is -0.844. The van der Waals surface area contributed by atoms with Gasteiger partial charge in [0.1, 0.15) is 0 Å². The lowest BCUT2D eigenvalue weighted by atomic mass is 10.2. The van der Waals surface area contributed by atoms with Gasteiger partial charge >= 0.3 is 6.18 Å². The molecule has 0 radical (unpaired) electrons. The van der Waals surface area contributed by atoms with Crippen molar-refractivity contribution in [1.29, 1.82) is 0 Å². The molecule has 2 N–H and O–H groups in total. The number of anilines is 1. The van der Waals surface area contributed by atoms with Crippen LogP contribution in [0.2, 0.25) is 5.02 Å². The van der Waals surface area contributed by atoms with Crippen molar-refractivity contribution in [2.24, 2.45) is 5.92 Å². The maximum absolute atomic E-state index is 12.6. The van der Waals surface area contributed by atoms with Gasteiger partial charge in [0.2, 0.25) is 5.91 Å². The average Bonchev–Trinajstić information content (AvgIpc) is 3.14. The van der Waals surface area contributed by atoms with E-state index < -0.39 is 11.7 Å². The van der Waals surface area contributed by atoms with Gasteiger partial charge in [-0.2, -0.15) is 13.2 Å². The van der Waals surface area contributed by atoms with E-state index in [-0.39, 0.29) is 27.6 Å². The number of carbonyl (C=O) groups excluding carboxylic acids is 1. The Bertz CT molecular complexity index is 558. The normalized spacial score (nSPS) is 14.8. The Morgan fingerprint density at radius 1 is 1.35 bits per heavy atom. The molecule has 1 aromatic carbocycles. The summed E-state index contributed by atoms with van der Waals surface area (Å²) in [6.07, 6.45) is -2.86. The first kappa shape index (κ1) is 15.1. The Morgan fingerprint density at radius 2 is 2.00 bits per heavy atom. The molecule has 0 heterocycles. The first-order valence-electron chi connectivity index (χ1n) is 5.76. The summed E-state index contributed by atoms with van der Waals surface area (Å²) in [7, 11) is 0. The summed E-state index contributed by atoms with van der Waals surface area (Å²) in [6, 6.07) is 2.84. The molecule has 20 heavy (non-hydrogen) atoms. The molecule has 0 unspecified atom stereocenters. The molecule has 1 aromatic rings. The van der Waals surface area contributed by atoms with Gasteiger partial charge in [-0.1, -0.05) is 11.6 Å². The van der Waals surface area contributed by atoms with Crippen LogP contribution in [0.4, 0.5) is 18.9 Å². The molecule has 1 aliphatic carbocycles. The van der Waals surface area contributed by atoms with Crippen molar-refractivity contribution in [3.63, 3.8) is 0 Å². The monoisotopic (exact) mass is 322 g/mol. The molecule has 0 aliphatic heterocycles. The highest BCUT2D eigenvalue weighted by Crippen LogP contribution is 2.34. The SMILES string of the molecule is O=C(NC(=S)Nc1cc(C(F)(F)F)ccc1Cl)C1CC1. The fourth-order valence-electron chi connectivity index (χ4n) is 1.51. The summed E-state index contributed by atoms with van der Waals surface area (Å²) in [6.45, 7) is 0. The van der Waals surface area contributed by atoms with Crippen LogP contribution in [0, 0.1) is 5.92 Å². The summed E-state index contributed by atoms with van der Waals surface area (Å²) in [4.78, 5) is 11.5. The Morgan fingerprint density at radius 3 is 2.55 bits per heavy atom. The number of nitrogens with one attached hydrogen (secondary N) is 2. The molecule has 1 aliphatic rings. The van der Waals surface area contributed by atoms with Crippen LogP contribution in [0.1, 0.15) is 18.4 Å². The number of amides is 1. The highest BCUT2D eigenvalue weighted by molar-refractivity contribution is 7.80. The minimum Gasteiger partial charge on any atom is -0.331 e. The van der Waals surface area contributed by atoms with E-state index >= 15 is 0 Å². The summed E-state index contributed by atoms with van der Waals surface area (Å²) >= 11 is 10.7. The summed E-state index contributed by atoms with van der Waals surface area (Å²) < 4.78 is 37.8. The van der Waals surface area contributed by atoms with Gasteiger partial charge in [-0.25, -0.2) is 0 Å². The number of hydrogen-bond acceptors (Lipinski definition) is 2. The first-order chi connectivity index (χ1) is 9.27. The molecule has 8 heteroatoms. The van der Waals surface area contributed by atoms with Crippen molar-refractivity contribution in [2.75, 3.05) is 5.32 Å². The number of alkyl halides is 3. The predicted molar refractivity (Wildman–Crippen MR) is 73.5 cm³/mol. The molecule has 1 fully saturated rings. The maximum Gasteiger partial charge on any atom is 0.416 e. The van der Waals surface area contributed by atoms with Gasteiger partial charge in [0, 0.05) is 5.92 Å². The number of carbonyl (C=O) groups is 1. The third kappa shape index (κ3) is 3.83. The second-order valence-electron chi connectivity index (χ2n) is 4.41. The van der Waals surface area contributed by atoms with Crippen molar-refractivity contribution in [1.82, 2.24) is 5.32 Å². The molecular formula is C12H10ClF3N2OS. The number of thiocarbonyl (C=S) groups is 1. The lowest BCUT2D eigenvalue weighted by molar-refractivity contribution is -0.137. The van der Waals surface area contributed by atoms with Gasteiger partial charge in [-0.15, -0.1) is 0 Å². The molecule has 2 rings (SSSR count). The number of hydrogen-bond donors (Lipinski definition) is 2. The highest BCUT2D eigenvalue weighted by atomic mass is 35.5. The van der Waals surface area contributed by atoms with E-state index in [9.17, 15) is 18.0 Å². The molecule has 0 saturated heterocycles. The third-order valence-electron chi connectivity index (χ3n) is 2.73. The van der Waals surface area contributed by atoms with Crippen LogP contribution in [-0.2, 0) is 11.0 Å². The van der Waals surface area contributed by atoms with E-state index in [1.54, 1.807) is 0 Å². The molecule has 1 saturated carbocycles. The Labute approximate surface area is 123 Å². The van der Waals surface area contributed by atoms with E-state index in [0.717, 1.165) is 31.0 Å². The summed E-state index contributed by atoms with van der Waals surface area (Å²) in [5.74, 6) is -0.280. The van der Waals surface area contributed by atoms with Gasteiger partial charge in [0.15, 0.2) is 5.11 Å². The molecule has 0 atom stereocenters. The standard InChI is InChI=1S/C12H10ClF3N2OS/c13-8-4-3-7(12(14,15)16)5-9(8)17-11(20)18-10(19)6-1-2-6/h3-6H,1-2H2,(H2,17,18,19,20). The topological polar surface area (TPSA) is 41.1 Å². The van der Waals surface area contributed by atoms with Crippen molar-refractivity contribution >= 4 is 40.5 Å². The summed E-state index contributed by atoms with van der Waals surface area (Å²) in [5, 5.41) is 4.94. The smallest absolute Gasteiger partial charge is 0.331 e. The maximum atomic E-state index is 12.6. The Kier molecular flexibility index (Phi) is 4.19. The van der Waals surface area contributed by atoms with E-state index in [4.69, 9.17) is 23.8 Å². The predicted octanol–water partition coefficient (Wildman–Crippen LogP) is 3.58. The molecular weight excluding hydrogens is 313 g/mol. The lowest BCUT2D eigenvalue weighted by Crippen LogP contribution is -2.35. The van der Waals surface area contributed by atoms with Gasteiger partial charge in [-0.3, -0.25) is 4.79 Å². The van der Waals surface area contributed by atoms with Crippen LogP contribution in [0.3, 0.4) is 0 Å². The Hall–Kier alpha value is -1.34. The van der Waals surface area contributed by atoms with E-state index in [0.29, 0.717) is 0 Å². The fraction of sp³-hybridized carbons (Fsp3) is 0.333. The van der Waals surface area contributed by atoms with Gasteiger partial charge < -0.3 is 10.6 Å². The zero-order valence-electron chi connectivity index (χ0n) is 10.1. The molecule has 1 amide bonds. The molecule has 0 bridgehead atoms. The van der Waals surface area contributed by atoms with Crippen molar-refractivity contribution < 1.29 is 18.0 Å². The quantitative estimate of drug-likeness (QED) is 0.818. The minimum absolute atomic E-state index is 0.00240. The Balaban J connectivity index is 2.07. The average molecular weight is 323 g/mol. The van der Waals surface area contributed by atoms with Gasteiger partial charge in [-0.05, 0) is 43.3 Å². The van der Waals surface area contributed by atoms with Crippen LogP contribution in [-0.4, -0.2) is 11.0 Å². The number of benzene rings is 1. The van der Waals surface area contributed by atoms with Crippen molar-refractivity contribution in [2.45, 2.75) is 19.0 Å². The second-order valence-corrected chi connectivity index (χ2v) is 5.23. The van der Waals surface area contributed by atoms with E-state index in [1.807, 2.05) is 0 Å². The van der Waals surface area contributed by atoms with Gasteiger partial charge in [0.25, 0.3) is 0 Å². The van der Waals surface area contributed by atoms with Crippen molar-refractivity contribution in [3.05, 3.63) is 28.8 Å². The highest BCUT2D eigenvalue weighted by Gasteiger charge is 2.32. The lowest BCUT2D eigenvalue weighted by Gasteiger charge is -2.13. The van der Waals surface area contributed by atoms with E-state index in [2.05, 4.69) is 10.6 Å². The first-order valence-corrected chi connectivity index (χ1v) is 6.54.